The molecule has 4 heteroatoms. The summed E-state index contributed by atoms with van der Waals surface area (Å²) in [5, 5.41) is 18.9. The number of hydrogen-bond donors (Lipinski definition) is 2. The first kappa shape index (κ1) is 9.54. The fourth-order valence-corrected chi connectivity index (χ4v) is 0.937. The number of nitrogens with zero attached hydrogens (tertiary/aromatic N) is 1. The van der Waals surface area contributed by atoms with Crippen molar-refractivity contribution >= 4 is 5.91 Å². The standard InChI is InChI=1S/C9H11NO3/c1-2-10(13)9(12)7-5-3-4-6-8(7)11/h3-6,11,13H,2H2,1H3. The molecule has 4 nitrogen and oxygen atoms in total. The van der Waals surface area contributed by atoms with Crippen molar-refractivity contribution in [2.24, 2.45) is 0 Å². The van der Waals surface area contributed by atoms with Crippen molar-refractivity contribution in [1.82, 2.24) is 5.06 Å². The molecule has 0 aromatic heterocycles. The van der Waals surface area contributed by atoms with E-state index in [1.165, 1.54) is 12.1 Å². The molecule has 1 aromatic rings. The molecule has 0 heterocycles. The van der Waals surface area contributed by atoms with Crippen LogP contribution in [0.4, 0.5) is 0 Å². The molecule has 0 aliphatic carbocycles. The Kier molecular flexibility index (Phi) is 2.87. The topological polar surface area (TPSA) is 60.8 Å². The van der Waals surface area contributed by atoms with Gasteiger partial charge in [0.05, 0.1) is 5.56 Å². The molecule has 0 fully saturated rings. The predicted octanol–water partition coefficient (Wildman–Crippen LogP) is 1.24. The summed E-state index contributed by atoms with van der Waals surface area (Å²) in [6.07, 6.45) is 0. The Bertz CT molecular complexity index is 311. The van der Waals surface area contributed by atoms with Crippen molar-refractivity contribution in [2.45, 2.75) is 6.92 Å². The van der Waals surface area contributed by atoms with Gasteiger partial charge in [0.25, 0.3) is 5.91 Å². The van der Waals surface area contributed by atoms with E-state index in [1.54, 1.807) is 19.1 Å². The Morgan fingerprint density at radius 3 is 2.62 bits per heavy atom. The van der Waals surface area contributed by atoms with E-state index in [4.69, 9.17) is 5.21 Å². The number of carbonyl (C=O) groups excluding carboxylic acids is 1. The van der Waals surface area contributed by atoms with E-state index in [-0.39, 0.29) is 17.9 Å². The zero-order valence-corrected chi connectivity index (χ0v) is 7.27. The third-order valence-electron chi connectivity index (χ3n) is 1.67. The molecule has 13 heavy (non-hydrogen) atoms. The van der Waals surface area contributed by atoms with Crippen LogP contribution in [0.2, 0.25) is 0 Å². The van der Waals surface area contributed by atoms with Gasteiger partial charge in [-0.25, -0.2) is 5.06 Å². The first-order valence-electron chi connectivity index (χ1n) is 3.95. The van der Waals surface area contributed by atoms with Gasteiger partial charge in [0, 0.05) is 6.54 Å². The van der Waals surface area contributed by atoms with Crippen LogP contribution in [0.25, 0.3) is 0 Å². The van der Waals surface area contributed by atoms with Crippen molar-refractivity contribution < 1.29 is 15.1 Å². The van der Waals surface area contributed by atoms with E-state index in [9.17, 15) is 9.90 Å². The summed E-state index contributed by atoms with van der Waals surface area (Å²) in [5.41, 5.74) is 0.104. The highest BCUT2D eigenvalue weighted by Gasteiger charge is 2.14. The molecular weight excluding hydrogens is 170 g/mol. The number of hydroxylamine groups is 2. The van der Waals surface area contributed by atoms with Crippen LogP contribution < -0.4 is 0 Å². The predicted molar refractivity (Wildman–Crippen MR) is 46.6 cm³/mol. The summed E-state index contributed by atoms with van der Waals surface area (Å²) in [6, 6.07) is 6.09. The molecule has 1 rings (SSSR count). The minimum absolute atomic E-state index is 0.104. The number of para-hydroxylation sites is 1. The van der Waals surface area contributed by atoms with Gasteiger partial charge in [0.2, 0.25) is 0 Å². The largest absolute Gasteiger partial charge is 0.507 e. The summed E-state index contributed by atoms with van der Waals surface area (Å²) in [4.78, 5) is 11.3. The zero-order valence-electron chi connectivity index (χ0n) is 7.27. The Morgan fingerprint density at radius 1 is 1.46 bits per heavy atom. The maximum atomic E-state index is 11.3. The molecule has 0 aliphatic heterocycles. The number of carbonyl (C=O) groups is 1. The summed E-state index contributed by atoms with van der Waals surface area (Å²) in [7, 11) is 0. The van der Waals surface area contributed by atoms with Crippen LogP contribution in [0.5, 0.6) is 5.75 Å². The molecule has 0 aliphatic rings. The van der Waals surface area contributed by atoms with Crippen LogP contribution in [0, 0.1) is 0 Å². The maximum Gasteiger partial charge on any atom is 0.280 e. The molecule has 70 valence electrons. The lowest BCUT2D eigenvalue weighted by Gasteiger charge is -2.12. The van der Waals surface area contributed by atoms with Crippen molar-refractivity contribution in [1.29, 1.82) is 0 Å². The number of phenolic OH excluding ortho intramolecular Hbond substituents is 1. The molecule has 1 aromatic carbocycles. The number of benzene rings is 1. The first-order valence-corrected chi connectivity index (χ1v) is 3.95. The van der Waals surface area contributed by atoms with E-state index < -0.39 is 5.91 Å². The van der Waals surface area contributed by atoms with Crippen LogP contribution in [0.3, 0.4) is 0 Å². The fraction of sp³-hybridized carbons (Fsp3) is 0.222. The molecule has 0 atom stereocenters. The third-order valence-corrected chi connectivity index (χ3v) is 1.67. The van der Waals surface area contributed by atoms with Crippen LogP contribution in [0.15, 0.2) is 24.3 Å². The molecule has 0 spiro atoms. The number of hydrogen-bond acceptors (Lipinski definition) is 3. The van der Waals surface area contributed by atoms with E-state index in [0.717, 1.165) is 0 Å². The van der Waals surface area contributed by atoms with Gasteiger partial charge in [-0.2, -0.15) is 0 Å². The monoisotopic (exact) mass is 181 g/mol. The van der Waals surface area contributed by atoms with E-state index in [1.807, 2.05) is 0 Å². The van der Waals surface area contributed by atoms with Gasteiger partial charge < -0.3 is 5.11 Å². The Hall–Kier alpha value is -1.55. The second kappa shape index (κ2) is 3.91. The van der Waals surface area contributed by atoms with Crippen LogP contribution in [-0.4, -0.2) is 27.8 Å². The van der Waals surface area contributed by atoms with Gasteiger partial charge in [-0.1, -0.05) is 12.1 Å². The molecule has 1 amide bonds. The lowest BCUT2D eigenvalue weighted by Crippen LogP contribution is -2.26. The van der Waals surface area contributed by atoms with Gasteiger partial charge in [0.15, 0.2) is 0 Å². The SMILES string of the molecule is CCN(O)C(=O)c1ccccc1O. The molecule has 2 N–H and O–H groups in total. The second-order valence-electron chi connectivity index (χ2n) is 2.54. The van der Waals surface area contributed by atoms with Gasteiger partial charge in [-0.05, 0) is 19.1 Å². The number of rotatable bonds is 2. The van der Waals surface area contributed by atoms with Crippen LogP contribution >= 0.6 is 0 Å². The van der Waals surface area contributed by atoms with Crippen LogP contribution in [-0.2, 0) is 0 Å². The van der Waals surface area contributed by atoms with Crippen molar-refractivity contribution in [2.75, 3.05) is 6.54 Å². The Balaban J connectivity index is 2.95. The molecular formula is C9H11NO3. The lowest BCUT2D eigenvalue weighted by atomic mass is 10.2. The molecule has 0 bridgehead atoms. The number of amides is 1. The Labute approximate surface area is 76.0 Å². The van der Waals surface area contributed by atoms with E-state index in [0.29, 0.717) is 5.06 Å². The van der Waals surface area contributed by atoms with E-state index >= 15 is 0 Å². The van der Waals surface area contributed by atoms with E-state index in [2.05, 4.69) is 0 Å². The highest BCUT2D eigenvalue weighted by molar-refractivity contribution is 5.95. The minimum atomic E-state index is -0.597. The van der Waals surface area contributed by atoms with Gasteiger partial charge >= 0.3 is 0 Å². The number of aromatic hydroxyl groups is 1. The Morgan fingerprint density at radius 2 is 2.08 bits per heavy atom. The van der Waals surface area contributed by atoms with Gasteiger partial charge in [-0.3, -0.25) is 10.0 Å². The van der Waals surface area contributed by atoms with Crippen LogP contribution in [0.1, 0.15) is 17.3 Å². The lowest BCUT2D eigenvalue weighted by molar-refractivity contribution is -0.0543. The molecule has 0 radical (unpaired) electrons. The first-order chi connectivity index (χ1) is 6.16. The summed E-state index contributed by atoms with van der Waals surface area (Å²) in [6.45, 7) is 1.82. The summed E-state index contributed by atoms with van der Waals surface area (Å²) in [5.74, 6) is -0.722. The fourth-order valence-electron chi connectivity index (χ4n) is 0.937. The normalized spacial score (nSPS) is 9.69. The average Bonchev–Trinajstić information content (AvgIpc) is 2.16. The van der Waals surface area contributed by atoms with Crippen molar-refractivity contribution in [3.8, 4) is 5.75 Å². The van der Waals surface area contributed by atoms with Gasteiger partial charge in [0.1, 0.15) is 5.75 Å². The number of phenols is 1. The van der Waals surface area contributed by atoms with Crippen molar-refractivity contribution in [3.05, 3.63) is 29.8 Å². The summed E-state index contributed by atoms with van der Waals surface area (Å²) < 4.78 is 0. The second-order valence-corrected chi connectivity index (χ2v) is 2.54. The quantitative estimate of drug-likeness (QED) is 0.533. The zero-order chi connectivity index (χ0) is 9.84. The van der Waals surface area contributed by atoms with Gasteiger partial charge in [-0.15, -0.1) is 0 Å². The smallest absolute Gasteiger partial charge is 0.280 e. The maximum absolute atomic E-state index is 11.3. The minimum Gasteiger partial charge on any atom is -0.507 e. The third kappa shape index (κ3) is 1.97. The molecule has 0 saturated heterocycles. The highest BCUT2D eigenvalue weighted by atomic mass is 16.5. The molecule has 0 saturated carbocycles. The summed E-state index contributed by atoms with van der Waals surface area (Å²) >= 11 is 0. The highest BCUT2D eigenvalue weighted by Crippen LogP contribution is 2.16. The van der Waals surface area contributed by atoms with Crippen molar-refractivity contribution in [3.63, 3.8) is 0 Å². The average molecular weight is 181 g/mol. The molecule has 0 unspecified atom stereocenters.